The summed E-state index contributed by atoms with van der Waals surface area (Å²) < 4.78 is 11.5. The Balaban J connectivity index is 1.79. The predicted octanol–water partition coefficient (Wildman–Crippen LogP) is 6.18. The van der Waals surface area contributed by atoms with Gasteiger partial charge < -0.3 is 14.8 Å². The quantitative estimate of drug-likeness (QED) is 0.445. The van der Waals surface area contributed by atoms with Crippen LogP contribution >= 0.6 is 0 Å². The summed E-state index contributed by atoms with van der Waals surface area (Å²) in [7, 11) is 0. The summed E-state index contributed by atoms with van der Waals surface area (Å²) in [5.74, 6) is 1.83. The summed E-state index contributed by atoms with van der Waals surface area (Å²) in [6.07, 6.45) is 5.77. The van der Waals surface area contributed by atoms with E-state index in [2.05, 4.69) is 32.2 Å². The van der Waals surface area contributed by atoms with Gasteiger partial charge in [0.05, 0.1) is 6.61 Å². The lowest BCUT2D eigenvalue weighted by Gasteiger charge is -2.15. The molecule has 0 unspecified atom stereocenters. The Bertz CT molecular complexity index is 712. The van der Waals surface area contributed by atoms with Gasteiger partial charge in [-0.2, -0.15) is 0 Å². The highest BCUT2D eigenvalue weighted by atomic mass is 16.5. The molecule has 0 fully saturated rings. The molecule has 2 aromatic carbocycles. The Morgan fingerprint density at radius 1 is 0.964 bits per heavy atom. The summed E-state index contributed by atoms with van der Waals surface area (Å²) in [5.41, 5.74) is 1.88. The molecule has 0 aliphatic heterocycles. The molecule has 4 heteroatoms. The Kier molecular flexibility index (Phi) is 9.40. The lowest BCUT2D eigenvalue weighted by molar-refractivity contribution is -0.118. The van der Waals surface area contributed by atoms with Gasteiger partial charge in [-0.25, -0.2) is 0 Å². The molecule has 0 heterocycles. The van der Waals surface area contributed by atoms with Crippen LogP contribution in [-0.4, -0.2) is 19.1 Å². The minimum atomic E-state index is -0.174. The van der Waals surface area contributed by atoms with E-state index in [9.17, 15) is 4.79 Å². The largest absolute Gasteiger partial charge is 0.494 e. The van der Waals surface area contributed by atoms with Crippen molar-refractivity contribution in [3.63, 3.8) is 0 Å². The van der Waals surface area contributed by atoms with Crippen molar-refractivity contribution in [2.45, 2.75) is 58.8 Å². The van der Waals surface area contributed by atoms with Crippen LogP contribution in [0.5, 0.6) is 11.5 Å². The molecule has 0 aliphatic carbocycles. The van der Waals surface area contributed by atoms with E-state index >= 15 is 0 Å². The topological polar surface area (TPSA) is 47.6 Å². The van der Waals surface area contributed by atoms with Gasteiger partial charge in [0.2, 0.25) is 0 Å². The number of amides is 1. The number of carbonyl (C=O) groups excluding carboxylic acids is 1. The van der Waals surface area contributed by atoms with Gasteiger partial charge in [0, 0.05) is 5.69 Å². The standard InChI is InChI=1S/C24H33NO3/c1-4-6-7-10-17-27-21-15-13-20(14-16-21)25-24(26)18-28-23-12-9-8-11-22(23)19(3)5-2/h8-9,11-16,19H,4-7,10,17-18H2,1-3H3,(H,25,26)/t19-/m0/s1. The van der Waals surface area contributed by atoms with E-state index in [1.54, 1.807) is 0 Å². The third kappa shape index (κ3) is 7.26. The highest BCUT2D eigenvalue weighted by Gasteiger charge is 2.11. The van der Waals surface area contributed by atoms with Crippen molar-refractivity contribution in [2.24, 2.45) is 0 Å². The molecule has 152 valence electrons. The van der Waals surface area contributed by atoms with Gasteiger partial charge in [0.15, 0.2) is 6.61 Å². The van der Waals surface area contributed by atoms with Crippen LogP contribution in [0.4, 0.5) is 5.69 Å². The molecule has 0 bridgehead atoms. The minimum absolute atomic E-state index is 0.0108. The molecule has 0 aromatic heterocycles. The number of unbranched alkanes of at least 4 members (excludes halogenated alkanes) is 3. The molecule has 0 spiro atoms. The van der Waals surface area contributed by atoms with Crippen LogP contribution in [0.2, 0.25) is 0 Å². The normalized spacial score (nSPS) is 11.7. The van der Waals surface area contributed by atoms with Gasteiger partial charge >= 0.3 is 0 Å². The average Bonchev–Trinajstić information content (AvgIpc) is 2.73. The van der Waals surface area contributed by atoms with Crippen LogP contribution in [0, 0.1) is 0 Å². The SMILES string of the molecule is CCCCCCOc1ccc(NC(=O)COc2ccccc2[C@@H](C)CC)cc1. The van der Waals surface area contributed by atoms with E-state index in [-0.39, 0.29) is 12.5 Å². The molecule has 4 nitrogen and oxygen atoms in total. The van der Waals surface area contributed by atoms with Gasteiger partial charge in [-0.3, -0.25) is 4.79 Å². The minimum Gasteiger partial charge on any atom is -0.494 e. The predicted molar refractivity (Wildman–Crippen MR) is 115 cm³/mol. The highest BCUT2D eigenvalue weighted by molar-refractivity contribution is 5.91. The molecular formula is C24H33NO3. The van der Waals surface area contributed by atoms with Crippen LogP contribution in [0.3, 0.4) is 0 Å². The summed E-state index contributed by atoms with van der Waals surface area (Å²) in [4.78, 5) is 12.2. The Labute approximate surface area is 169 Å². The fourth-order valence-corrected chi connectivity index (χ4v) is 2.93. The van der Waals surface area contributed by atoms with Gasteiger partial charge in [-0.05, 0) is 54.7 Å². The van der Waals surface area contributed by atoms with Crippen molar-refractivity contribution >= 4 is 11.6 Å². The maximum atomic E-state index is 12.2. The number of hydrogen-bond donors (Lipinski definition) is 1. The first-order valence-corrected chi connectivity index (χ1v) is 10.4. The molecule has 0 saturated carbocycles. The van der Waals surface area contributed by atoms with Crippen LogP contribution in [0.15, 0.2) is 48.5 Å². The number of nitrogens with one attached hydrogen (secondary N) is 1. The van der Waals surface area contributed by atoms with Crippen molar-refractivity contribution in [3.8, 4) is 11.5 Å². The number of ether oxygens (including phenoxy) is 2. The fraction of sp³-hybridized carbons (Fsp3) is 0.458. The van der Waals surface area contributed by atoms with Crippen LogP contribution in [0.25, 0.3) is 0 Å². The molecule has 0 saturated heterocycles. The summed E-state index contributed by atoms with van der Waals surface area (Å²) >= 11 is 0. The molecule has 1 atom stereocenters. The zero-order valence-electron chi connectivity index (χ0n) is 17.4. The number of benzene rings is 2. The van der Waals surface area contributed by atoms with Crippen molar-refractivity contribution in [1.29, 1.82) is 0 Å². The van der Waals surface area contributed by atoms with Gasteiger partial charge in [0.25, 0.3) is 5.91 Å². The van der Waals surface area contributed by atoms with E-state index in [1.165, 1.54) is 19.3 Å². The summed E-state index contributed by atoms with van der Waals surface area (Å²) in [6.45, 7) is 7.23. The Hall–Kier alpha value is -2.49. The molecular weight excluding hydrogens is 350 g/mol. The molecule has 2 aromatic rings. The lowest BCUT2D eigenvalue weighted by Crippen LogP contribution is -2.20. The molecule has 1 amide bonds. The van der Waals surface area contributed by atoms with Crippen molar-refractivity contribution < 1.29 is 14.3 Å². The van der Waals surface area contributed by atoms with Crippen LogP contribution in [-0.2, 0) is 4.79 Å². The van der Waals surface area contributed by atoms with Gasteiger partial charge in [-0.1, -0.05) is 58.2 Å². The van der Waals surface area contributed by atoms with Crippen LogP contribution < -0.4 is 14.8 Å². The second-order valence-corrected chi connectivity index (χ2v) is 7.12. The van der Waals surface area contributed by atoms with Crippen molar-refractivity contribution in [3.05, 3.63) is 54.1 Å². The summed E-state index contributed by atoms with van der Waals surface area (Å²) in [5, 5.41) is 2.87. The number of anilines is 1. The van der Waals surface area contributed by atoms with E-state index in [0.717, 1.165) is 42.2 Å². The third-order valence-electron chi connectivity index (χ3n) is 4.83. The monoisotopic (exact) mass is 383 g/mol. The zero-order chi connectivity index (χ0) is 20.2. The van der Waals surface area contributed by atoms with Crippen LogP contribution in [0.1, 0.15) is 64.4 Å². The Morgan fingerprint density at radius 3 is 2.43 bits per heavy atom. The Morgan fingerprint density at radius 2 is 1.71 bits per heavy atom. The highest BCUT2D eigenvalue weighted by Crippen LogP contribution is 2.28. The number of hydrogen-bond acceptors (Lipinski definition) is 3. The first-order chi connectivity index (χ1) is 13.6. The fourth-order valence-electron chi connectivity index (χ4n) is 2.93. The van der Waals surface area contributed by atoms with E-state index in [4.69, 9.17) is 9.47 Å². The third-order valence-corrected chi connectivity index (χ3v) is 4.83. The molecule has 1 N–H and O–H groups in total. The lowest BCUT2D eigenvalue weighted by atomic mass is 9.98. The first-order valence-electron chi connectivity index (χ1n) is 10.4. The second-order valence-electron chi connectivity index (χ2n) is 7.12. The maximum Gasteiger partial charge on any atom is 0.262 e. The smallest absolute Gasteiger partial charge is 0.262 e. The van der Waals surface area contributed by atoms with Gasteiger partial charge in [0.1, 0.15) is 11.5 Å². The maximum absolute atomic E-state index is 12.2. The van der Waals surface area contributed by atoms with E-state index in [0.29, 0.717) is 5.92 Å². The molecule has 0 aliphatic rings. The van der Waals surface area contributed by atoms with Crippen molar-refractivity contribution in [1.82, 2.24) is 0 Å². The number of para-hydroxylation sites is 1. The molecule has 2 rings (SSSR count). The zero-order valence-corrected chi connectivity index (χ0v) is 17.4. The van der Waals surface area contributed by atoms with E-state index < -0.39 is 0 Å². The van der Waals surface area contributed by atoms with E-state index in [1.807, 2.05) is 42.5 Å². The van der Waals surface area contributed by atoms with Gasteiger partial charge in [-0.15, -0.1) is 0 Å². The molecule has 28 heavy (non-hydrogen) atoms. The first kappa shape index (κ1) is 21.8. The second kappa shape index (κ2) is 12.1. The molecule has 0 radical (unpaired) electrons. The number of rotatable bonds is 12. The number of carbonyl (C=O) groups is 1. The summed E-state index contributed by atoms with van der Waals surface area (Å²) in [6, 6.07) is 15.4. The van der Waals surface area contributed by atoms with Crippen molar-refractivity contribution in [2.75, 3.05) is 18.5 Å². The average molecular weight is 384 g/mol.